The van der Waals surface area contributed by atoms with Crippen molar-refractivity contribution in [1.29, 1.82) is 0 Å². The number of nitrogens with one attached hydrogen (secondary N) is 1. The summed E-state index contributed by atoms with van der Waals surface area (Å²) in [6.45, 7) is 2.52. The van der Waals surface area contributed by atoms with E-state index in [-0.39, 0.29) is 11.9 Å². The lowest BCUT2D eigenvalue weighted by Gasteiger charge is -2.08. The number of unbranched alkanes of at least 4 members (excludes halogenated alkanes) is 2. The summed E-state index contributed by atoms with van der Waals surface area (Å²) >= 11 is 6.00. The van der Waals surface area contributed by atoms with Crippen molar-refractivity contribution in [2.45, 2.75) is 26.2 Å². The molecule has 1 amide bonds. The van der Waals surface area contributed by atoms with Gasteiger partial charge in [0.25, 0.3) is 5.91 Å². The second-order valence-electron chi connectivity index (χ2n) is 5.35. The molecule has 24 heavy (non-hydrogen) atoms. The fourth-order valence-electron chi connectivity index (χ4n) is 2.13. The number of hydrogen-bond acceptors (Lipinski definition) is 3. The minimum atomic E-state index is -0.352. The van der Waals surface area contributed by atoms with Crippen LogP contribution in [0.3, 0.4) is 0 Å². The molecule has 0 fully saturated rings. The number of amides is 1. The number of benzene rings is 2. The number of ether oxygens (including phenoxy) is 1. The van der Waals surface area contributed by atoms with Gasteiger partial charge in [-0.25, -0.2) is 4.79 Å². The van der Waals surface area contributed by atoms with Crippen molar-refractivity contribution in [2.24, 2.45) is 0 Å². The number of anilines is 1. The van der Waals surface area contributed by atoms with Gasteiger partial charge in [0.15, 0.2) is 0 Å². The van der Waals surface area contributed by atoms with E-state index in [0.717, 1.165) is 19.3 Å². The van der Waals surface area contributed by atoms with Crippen LogP contribution in [0.25, 0.3) is 0 Å². The summed E-state index contributed by atoms with van der Waals surface area (Å²) in [7, 11) is 0. The molecule has 0 bridgehead atoms. The molecule has 0 radical (unpaired) electrons. The smallest absolute Gasteiger partial charge is 0.338 e. The number of hydrogen-bond donors (Lipinski definition) is 1. The van der Waals surface area contributed by atoms with E-state index in [9.17, 15) is 9.59 Å². The Bertz CT molecular complexity index is 698. The fraction of sp³-hybridized carbons (Fsp3) is 0.263. The molecule has 0 aliphatic heterocycles. The Balaban J connectivity index is 1.93. The van der Waals surface area contributed by atoms with Gasteiger partial charge in [-0.05, 0) is 42.8 Å². The van der Waals surface area contributed by atoms with Gasteiger partial charge in [-0.3, -0.25) is 4.79 Å². The highest BCUT2D eigenvalue weighted by Gasteiger charge is 2.11. The van der Waals surface area contributed by atoms with Crippen LogP contribution in [0.2, 0.25) is 5.02 Å². The molecule has 126 valence electrons. The SMILES string of the molecule is CCCCCOC(=O)c1ccc(NC(=O)c2ccccc2Cl)cc1. The predicted molar refractivity (Wildman–Crippen MR) is 95.7 cm³/mol. The normalized spacial score (nSPS) is 10.2. The van der Waals surface area contributed by atoms with E-state index in [2.05, 4.69) is 12.2 Å². The number of carbonyl (C=O) groups is 2. The molecule has 0 aliphatic rings. The van der Waals surface area contributed by atoms with Gasteiger partial charge >= 0.3 is 5.97 Å². The minimum Gasteiger partial charge on any atom is -0.462 e. The summed E-state index contributed by atoms with van der Waals surface area (Å²) in [4.78, 5) is 24.0. The Morgan fingerprint density at radius 2 is 1.75 bits per heavy atom. The third-order valence-corrected chi connectivity index (χ3v) is 3.81. The van der Waals surface area contributed by atoms with Crippen LogP contribution < -0.4 is 5.32 Å². The molecule has 0 aromatic heterocycles. The van der Waals surface area contributed by atoms with Gasteiger partial charge in [0.05, 0.1) is 22.8 Å². The average Bonchev–Trinajstić information content (AvgIpc) is 2.59. The highest BCUT2D eigenvalue weighted by atomic mass is 35.5. The van der Waals surface area contributed by atoms with Gasteiger partial charge in [-0.15, -0.1) is 0 Å². The van der Waals surface area contributed by atoms with Crippen LogP contribution in [0, 0.1) is 0 Å². The maximum absolute atomic E-state index is 12.2. The molecule has 0 saturated heterocycles. The van der Waals surface area contributed by atoms with Crippen molar-refractivity contribution in [1.82, 2.24) is 0 Å². The summed E-state index contributed by atoms with van der Waals surface area (Å²) in [5.74, 6) is -0.648. The third kappa shape index (κ3) is 5.10. The van der Waals surface area contributed by atoms with Gasteiger partial charge in [0.2, 0.25) is 0 Å². The summed E-state index contributed by atoms with van der Waals surface area (Å²) in [6.07, 6.45) is 2.99. The third-order valence-electron chi connectivity index (χ3n) is 3.48. The fourth-order valence-corrected chi connectivity index (χ4v) is 2.36. The van der Waals surface area contributed by atoms with Gasteiger partial charge in [-0.1, -0.05) is 43.5 Å². The van der Waals surface area contributed by atoms with E-state index in [1.54, 1.807) is 48.5 Å². The van der Waals surface area contributed by atoms with Crippen molar-refractivity contribution in [3.05, 3.63) is 64.7 Å². The second kappa shape index (κ2) is 9.08. The molecule has 0 spiro atoms. The van der Waals surface area contributed by atoms with Crippen LogP contribution in [-0.2, 0) is 4.74 Å². The van der Waals surface area contributed by atoms with E-state index in [1.165, 1.54) is 0 Å². The summed E-state index contributed by atoms with van der Waals surface area (Å²) < 4.78 is 5.19. The Morgan fingerprint density at radius 1 is 1.04 bits per heavy atom. The molecule has 0 saturated carbocycles. The molecular weight excluding hydrogens is 326 g/mol. The molecule has 1 N–H and O–H groups in total. The predicted octanol–water partition coefficient (Wildman–Crippen LogP) is 4.94. The topological polar surface area (TPSA) is 55.4 Å². The van der Waals surface area contributed by atoms with E-state index in [1.807, 2.05) is 0 Å². The van der Waals surface area contributed by atoms with E-state index in [4.69, 9.17) is 16.3 Å². The lowest BCUT2D eigenvalue weighted by atomic mass is 10.2. The van der Waals surface area contributed by atoms with Gasteiger partial charge in [0.1, 0.15) is 0 Å². The van der Waals surface area contributed by atoms with Crippen LogP contribution in [0.4, 0.5) is 5.69 Å². The molecule has 2 aromatic rings. The lowest BCUT2D eigenvalue weighted by molar-refractivity contribution is 0.0498. The quantitative estimate of drug-likeness (QED) is 0.571. The van der Waals surface area contributed by atoms with Crippen LogP contribution in [-0.4, -0.2) is 18.5 Å². The van der Waals surface area contributed by atoms with E-state index < -0.39 is 0 Å². The van der Waals surface area contributed by atoms with E-state index in [0.29, 0.717) is 28.4 Å². The maximum Gasteiger partial charge on any atom is 0.338 e. The molecule has 0 aliphatic carbocycles. The molecule has 4 nitrogen and oxygen atoms in total. The van der Waals surface area contributed by atoms with Crippen molar-refractivity contribution in [2.75, 3.05) is 11.9 Å². The molecule has 0 unspecified atom stereocenters. The number of halogens is 1. The molecule has 0 heterocycles. The zero-order valence-corrected chi connectivity index (χ0v) is 14.3. The Labute approximate surface area is 146 Å². The average molecular weight is 346 g/mol. The first-order valence-corrected chi connectivity index (χ1v) is 8.32. The van der Waals surface area contributed by atoms with Gasteiger partial charge < -0.3 is 10.1 Å². The first-order chi connectivity index (χ1) is 11.6. The zero-order chi connectivity index (χ0) is 17.4. The number of carbonyl (C=O) groups excluding carboxylic acids is 2. The molecule has 2 rings (SSSR count). The molecular formula is C19H20ClNO3. The molecule has 0 atom stereocenters. The van der Waals surface area contributed by atoms with Crippen molar-refractivity contribution < 1.29 is 14.3 Å². The van der Waals surface area contributed by atoms with Crippen LogP contribution in [0.1, 0.15) is 46.9 Å². The molecule has 5 heteroatoms. The van der Waals surface area contributed by atoms with Crippen LogP contribution in [0.15, 0.2) is 48.5 Å². The highest BCUT2D eigenvalue weighted by molar-refractivity contribution is 6.34. The van der Waals surface area contributed by atoms with E-state index >= 15 is 0 Å². The molecule has 2 aromatic carbocycles. The Morgan fingerprint density at radius 3 is 2.42 bits per heavy atom. The summed E-state index contributed by atoms with van der Waals surface area (Å²) in [5.41, 5.74) is 1.45. The number of rotatable bonds is 7. The van der Waals surface area contributed by atoms with Gasteiger partial charge in [-0.2, -0.15) is 0 Å². The largest absolute Gasteiger partial charge is 0.462 e. The van der Waals surface area contributed by atoms with Gasteiger partial charge in [0, 0.05) is 5.69 Å². The number of esters is 1. The lowest BCUT2D eigenvalue weighted by Crippen LogP contribution is -2.12. The first-order valence-electron chi connectivity index (χ1n) is 7.95. The van der Waals surface area contributed by atoms with Crippen molar-refractivity contribution in [3.8, 4) is 0 Å². The highest BCUT2D eigenvalue weighted by Crippen LogP contribution is 2.17. The minimum absolute atomic E-state index is 0.296. The van der Waals surface area contributed by atoms with Crippen LogP contribution in [0.5, 0.6) is 0 Å². The van der Waals surface area contributed by atoms with Crippen LogP contribution >= 0.6 is 11.6 Å². The first kappa shape index (κ1) is 18.0. The Kier molecular flexibility index (Phi) is 6.82. The Hall–Kier alpha value is -2.33. The summed E-state index contributed by atoms with van der Waals surface area (Å²) in [5, 5.41) is 3.14. The van der Waals surface area contributed by atoms with Crippen molar-refractivity contribution in [3.63, 3.8) is 0 Å². The monoisotopic (exact) mass is 345 g/mol. The standard InChI is InChI=1S/C19H20ClNO3/c1-2-3-6-13-24-19(23)14-9-11-15(12-10-14)21-18(22)16-7-4-5-8-17(16)20/h4-5,7-12H,2-3,6,13H2,1H3,(H,21,22). The summed E-state index contributed by atoms with van der Waals surface area (Å²) in [6, 6.07) is 13.4. The second-order valence-corrected chi connectivity index (χ2v) is 5.76. The maximum atomic E-state index is 12.2. The zero-order valence-electron chi connectivity index (χ0n) is 13.5. The van der Waals surface area contributed by atoms with Crippen molar-refractivity contribution >= 4 is 29.2 Å².